The molecule has 0 bridgehead atoms. The first-order valence-electron chi connectivity index (χ1n) is 17.2. The van der Waals surface area contributed by atoms with Gasteiger partial charge in [0.1, 0.15) is 11.2 Å². The number of hydrogen-bond donors (Lipinski definition) is 0. The molecule has 11 rings (SSSR count). The molecule has 51 heavy (non-hydrogen) atoms. The summed E-state index contributed by atoms with van der Waals surface area (Å²) in [6.07, 6.45) is 0. The second-order valence-corrected chi connectivity index (χ2v) is 14.4. The summed E-state index contributed by atoms with van der Waals surface area (Å²) in [6.45, 7) is 0. The van der Waals surface area contributed by atoms with Gasteiger partial charge in [0.25, 0.3) is 0 Å². The number of hydrogen-bond acceptors (Lipinski definition) is 4. The van der Waals surface area contributed by atoms with Gasteiger partial charge in [0.05, 0.1) is 16.8 Å². The van der Waals surface area contributed by atoms with Gasteiger partial charge < -0.3 is 4.42 Å². The Morgan fingerprint density at radius 3 is 1.84 bits per heavy atom. The maximum Gasteiger partial charge on any atom is 0.160 e. The summed E-state index contributed by atoms with van der Waals surface area (Å²) >= 11 is 1.84. The fraction of sp³-hybridized carbons (Fsp3) is 0.0213. The van der Waals surface area contributed by atoms with Crippen LogP contribution in [0.25, 0.3) is 67.0 Å². The molecule has 238 valence electrons. The van der Waals surface area contributed by atoms with E-state index in [1.807, 2.05) is 30.0 Å². The first-order valence-corrected chi connectivity index (χ1v) is 18.1. The average molecular weight is 669 g/mol. The first kappa shape index (κ1) is 28.6. The van der Waals surface area contributed by atoms with Gasteiger partial charge >= 0.3 is 0 Å². The summed E-state index contributed by atoms with van der Waals surface area (Å²) in [5.74, 6) is 0.713. The van der Waals surface area contributed by atoms with E-state index in [9.17, 15) is 0 Å². The summed E-state index contributed by atoms with van der Waals surface area (Å²) in [5, 5.41) is 2.28. The topological polar surface area (TPSA) is 38.9 Å². The van der Waals surface area contributed by atoms with Crippen molar-refractivity contribution < 1.29 is 4.42 Å². The zero-order valence-electron chi connectivity index (χ0n) is 27.4. The van der Waals surface area contributed by atoms with Gasteiger partial charge in [-0.05, 0) is 69.8 Å². The van der Waals surface area contributed by atoms with Crippen LogP contribution in [0, 0.1) is 0 Å². The van der Waals surface area contributed by atoms with Crippen molar-refractivity contribution in [1.82, 2.24) is 9.97 Å². The molecule has 0 amide bonds. The molecule has 1 atom stereocenters. The molecule has 1 aliphatic heterocycles. The molecule has 9 aromatic rings. The van der Waals surface area contributed by atoms with Crippen LogP contribution < -0.4 is 0 Å². The number of aromatic nitrogens is 2. The van der Waals surface area contributed by atoms with Crippen molar-refractivity contribution in [1.29, 1.82) is 0 Å². The molecular weight excluding hydrogens is 641 g/mol. The molecule has 0 fully saturated rings. The van der Waals surface area contributed by atoms with Crippen molar-refractivity contribution in [3.63, 3.8) is 0 Å². The zero-order valence-corrected chi connectivity index (χ0v) is 28.2. The maximum atomic E-state index is 6.44. The van der Waals surface area contributed by atoms with Crippen LogP contribution in [0.5, 0.6) is 0 Å². The molecule has 7 aromatic carbocycles. The van der Waals surface area contributed by atoms with Gasteiger partial charge in [-0.2, -0.15) is 0 Å². The van der Waals surface area contributed by atoms with Gasteiger partial charge in [0.15, 0.2) is 5.82 Å². The largest absolute Gasteiger partial charge is 0.456 e. The number of para-hydroxylation sites is 1. The summed E-state index contributed by atoms with van der Waals surface area (Å²) in [7, 11) is 0. The number of benzene rings is 7. The molecule has 3 nitrogen and oxygen atoms in total. The summed E-state index contributed by atoms with van der Waals surface area (Å²) in [4.78, 5) is 12.8. The predicted molar refractivity (Wildman–Crippen MR) is 207 cm³/mol. The normalized spacial score (nSPS) is 15.5. The van der Waals surface area contributed by atoms with Crippen LogP contribution in [0.4, 0.5) is 0 Å². The lowest BCUT2D eigenvalue weighted by Crippen LogP contribution is -2.32. The molecule has 0 saturated carbocycles. The van der Waals surface area contributed by atoms with E-state index in [1.54, 1.807) is 0 Å². The minimum absolute atomic E-state index is 0.504. The van der Waals surface area contributed by atoms with Crippen LogP contribution in [0.3, 0.4) is 0 Å². The van der Waals surface area contributed by atoms with E-state index in [1.165, 1.54) is 43.2 Å². The Morgan fingerprint density at radius 2 is 1.06 bits per heavy atom. The minimum atomic E-state index is -0.504. The highest BCUT2D eigenvalue weighted by Crippen LogP contribution is 2.63. The van der Waals surface area contributed by atoms with Crippen molar-refractivity contribution in [3.05, 3.63) is 192 Å². The number of nitrogens with zero attached hydrogens (tertiary/aromatic N) is 2. The molecule has 0 saturated heterocycles. The minimum Gasteiger partial charge on any atom is -0.456 e. The predicted octanol–water partition coefficient (Wildman–Crippen LogP) is 12.2. The molecule has 4 heteroatoms. The molecule has 1 aliphatic carbocycles. The average Bonchev–Trinajstić information content (AvgIpc) is 3.70. The Labute approximate surface area is 299 Å². The molecule has 0 N–H and O–H groups in total. The van der Waals surface area contributed by atoms with Crippen molar-refractivity contribution in [2.45, 2.75) is 15.2 Å². The molecular formula is C47H28N2OS. The lowest BCUT2D eigenvalue weighted by molar-refractivity contribution is 0.668. The van der Waals surface area contributed by atoms with E-state index in [0.717, 1.165) is 50.0 Å². The van der Waals surface area contributed by atoms with Crippen LogP contribution in [0.1, 0.15) is 22.3 Å². The van der Waals surface area contributed by atoms with Gasteiger partial charge in [-0.15, -0.1) is 0 Å². The van der Waals surface area contributed by atoms with Gasteiger partial charge in [0.2, 0.25) is 0 Å². The van der Waals surface area contributed by atoms with Crippen LogP contribution in [-0.2, 0) is 5.41 Å². The summed E-state index contributed by atoms with van der Waals surface area (Å²) < 4.78 is 6.44. The molecule has 0 radical (unpaired) electrons. The Balaban J connectivity index is 1.17. The van der Waals surface area contributed by atoms with E-state index in [4.69, 9.17) is 14.4 Å². The van der Waals surface area contributed by atoms with E-state index >= 15 is 0 Å². The number of fused-ring (bicyclic) bond motifs is 12. The second kappa shape index (κ2) is 10.9. The van der Waals surface area contributed by atoms with E-state index in [2.05, 4.69) is 152 Å². The van der Waals surface area contributed by atoms with Crippen molar-refractivity contribution in [3.8, 4) is 45.0 Å². The fourth-order valence-electron chi connectivity index (χ4n) is 8.35. The van der Waals surface area contributed by atoms with E-state index in [0.29, 0.717) is 5.82 Å². The second-order valence-electron chi connectivity index (χ2n) is 13.3. The van der Waals surface area contributed by atoms with Gasteiger partial charge in [-0.1, -0.05) is 145 Å². The highest BCUT2D eigenvalue weighted by atomic mass is 32.2. The number of rotatable bonds is 3. The summed E-state index contributed by atoms with van der Waals surface area (Å²) in [6, 6.07) is 60.6. The molecule has 3 heterocycles. The summed E-state index contributed by atoms with van der Waals surface area (Å²) in [5.41, 5.74) is 13.9. The van der Waals surface area contributed by atoms with Gasteiger partial charge in [0, 0.05) is 37.3 Å². The van der Waals surface area contributed by atoms with Crippen LogP contribution in [0.15, 0.2) is 184 Å². The third-order valence-electron chi connectivity index (χ3n) is 10.6. The van der Waals surface area contributed by atoms with E-state index in [-0.39, 0.29) is 0 Å². The standard InChI is InChI=1S/C47H28N2OS/c1-3-13-29(14-4-1)40-28-41(30-15-5-2-6-16-30)49-46(48-40)31-23-24-38-45(25-31)51-44-22-12-10-20-37(44)47(38)36-19-9-7-17-32(36)34-27-43-35(26-39(34)47)33-18-8-11-21-42(33)50-43/h1-28H. The smallest absolute Gasteiger partial charge is 0.160 e. The van der Waals surface area contributed by atoms with Crippen LogP contribution >= 0.6 is 11.8 Å². The highest BCUT2D eigenvalue weighted by Gasteiger charge is 2.50. The molecule has 2 aromatic heterocycles. The Bertz CT molecular complexity index is 2780. The zero-order chi connectivity index (χ0) is 33.5. The Kier molecular flexibility index (Phi) is 6.10. The fourth-order valence-corrected chi connectivity index (χ4v) is 9.58. The van der Waals surface area contributed by atoms with Gasteiger partial charge in [-0.25, -0.2) is 9.97 Å². The van der Waals surface area contributed by atoms with Gasteiger partial charge in [-0.3, -0.25) is 0 Å². The third kappa shape index (κ3) is 4.14. The third-order valence-corrected chi connectivity index (χ3v) is 11.7. The quantitative estimate of drug-likeness (QED) is 0.188. The number of furan rings is 1. The lowest BCUT2D eigenvalue weighted by atomic mass is 9.67. The van der Waals surface area contributed by atoms with Crippen molar-refractivity contribution in [2.75, 3.05) is 0 Å². The van der Waals surface area contributed by atoms with Crippen LogP contribution in [-0.4, -0.2) is 9.97 Å². The molecule has 1 spiro atoms. The Morgan fingerprint density at radius 1 is 0.412 bits per heavy atom. The van der Waals surface area contributed by atoms with Crippen LogP contribution in [0.2, 0.25) is 0 Å². The highest BCUT2D eigenvalue weighted by molar-refractivity contribution is 7.99. The SMILES string of the molecule is c1ccc(-c2cc(-c3ccccc3)nc(-c3ccc4c(c3)Sc3ccccc3C43c4ccccc4-c4cc5oc6ccccc6c5cc43)n2)cc1. The molecule has 1 unspecified atom stereocenters. The van der Waals surface area contributed by atoms with E-state index < -0.39 is 5.41 Å². The first-order chi connectivity index (χ1) is 25.3. The molecule has 2 aliphatic rings. The lowest BCUT2D eigenvalue weighted by Gasteiger charge is -2.39. The monoisotopic (exact) mass is 668 g/mol. The Hall–Kier alpha value is -6.23. The van der Waals surface area contributed by atoms with Crippen molar-refractivity contribution >= 4 is 33.7 Å². The van der Waals surface area contributed by atoms with Crippen molar-refractivity contribution in [2.24, 2.45) is 0 Å². The maximum absolute atomic E-state index is 6.44.